The largest absolute Gasteiger partial charge is 0.368 e. The zero-order valence-corrected chi connectivity index (χ0v) is 15.8. The Hall–Kier alpha value is -2.22. The van der Waals surface area contributed by atoms with Gasteiger partial charge in [0.25, 0.3) is 0 Å². The number of anilines is 1. The number of nitrogens with zero attached hydrogens (tertiary/aromatic N) is 2. The van der Waals surface area contributed by atoms with Crippen molar-refractivity contribution in [3.8, 4) is 11.4 Å². The van der Waals surface area contributed by atoms with Crippen LogP contribution in [0.25, 0.3) is 22.3 Å². The number of halogens is 1. The standard InChI is InChI=1S/C18H19ClN4O2S/c1-2-26(24,25)21-12-11-20-17-14-8-4-6-10-16(14)22-18(23-17)13-7-3-5-9-15(13)19/h3-10,21H,2,11-12H2,1H3,(H,20,22,23). The van der Waals surface area contributed by atoms with E-state index in [1.165, 1.54) is 0 Å². The summed E-state index contributed by atoms with van der Waals surface area (Å²) in [6, 6.07) is 15.0. The van der Waals surface area contributed by atoms with E-state index in [1.807, 2.05) is 42.5 Å². The molecule has 8 heteroatoms. The second-order valence-electron chi connectivity index (χ2n) is 5.62. The number of aromatic nitrogens is 2. The predicted molar refractivity (Wildman–Crippen MR) is 106 cm³/mol. The summed E-state index contributed by atoms with van der Waals surface area (Å²) in [4.78, 5) is 9.20. The Morgan fingerprint density at radius 3 is 2.50 bits per heavy atom. The van der Waals surface area contributed by atoms with Gasteiger partial charge in [0.1, 0.15) is 5.82 Å². The topological polar surface area (TPSA) is 84.0 Å². The summed E-state index contributed by atoms with van der Waals surface area (Å²) < 4.78 is 25.6. The first-order valence-corrected chi connectivity index (χ1v) is 10.3. The van der Waals surface area contributed by atoms with Gasteiger partial charge in [0.15, 0.2) is 5.82 Å². The van der Waals surface area contributed by atoms with E-state index in [0.717, 1.165) is 16.5 Å². The molecule has 6 nitrogen and oxygen atoms in total. The van der Waals surface area contributed by atoms with Crippen LogP contribution in [-0.2, 0) is 10.0 Å². The SMILES string of the molecule is CCS(=O)(=O)NCCNc1nc(-c2ccccc2Cl)nc2ccccc12. The van der Waals surface area contributed by atoms with Crippen molar-refractivity contribution in [3.63, 3.8) is 0 Å². The van der Waals surface area contributed by atoms with Crippen LogP contribution in [0.5, 0.6) is 0 Å². The number of fused-ring (bicyclic) bond motifs is 1. The molecular formula is C18H19ClN4O2S. The van der Waals surface area contributed by atoms with Crippen molar-refractivity contribution in [2.45, 2.75) is 6.92 Å². The number of rotatable bonds is 7. The van der Waals surface area contributed by atoms with Gasteiger partial charge in [0.05, 0.1) is 16.3 Å². The van der Waals surface area contributed by atoms with Gasteiger partial charge in [-0.25, -0.2) is 23.1 Å². The lowest BCUT2D eigenvalue weighted by Gasteiger charge is -2.12. The summed E-state index contributed by atoms with van der Waals surface area (Å²) in [5.41, 5.74) is 1.53. The fourth-order valence-corrected chi connectivity index (χ4v) is 3.30. The van der Waals surface area contributed by atoms with Crippen LogP contribution in [-0.4, -0.2) is 37.2 Å². The van der Waals surface area contributed by atoms with Gasteiger partial charge in [0.2, 0.25) is 10.0 Å². The van der Waals surface area contributed by atoms with Crippen molar-refractivity contribution in [1.82, 2.24) is 14.7 Å². The van der Waals surface area contributed by atoms with Crippen LogP contribution in [0.1, 0.15) is 6.92 Å². The summed E-state index contributed by atoms with van der Waals surface area (Å²) in [5.74, 6) is 1.22. The molecule has 0 atom stereocenters. The van der Waals surface area contributed by atoms with E-state index in [0.29, 0.717) is 23.2 Å². The first-order valence-electron chi connectivity index (χ1n) is 8.23. The minimum absolute atomic E-state index is 0.0556. The van der Waals surface area contributed by atoms with Gasteiger partial charge >= 0.3 is 0 Å². The molecule has 1 heterocycles. The Kier molecular flexibility index (Phi) is 5.70. The Bertz CT molecular complexity index is 1020. The molecule has 26 heavy (non-hydrogen) atoms. The van der Waals surface area contributed by atoms with Crippen LogP contribution in [0.15, 0.2) is 48.5 Å². The number of hydrogen-bond acceptors (Lipinski definition) is 5. The summed E-state index contributed by atoms with van der Waals surface area (Å²) >= 11 is 6.28. The molecule has 0 aliphatic heterocycles. The van der Waals surface area contributed by atoms with Crippen LogP contribution in [0.4, 0.5) is 5.82 Å². The molecule has 0 aliphatic rings. The third-order valence-corrected chi connectivity index (χ3v) is 5.57. The fourth-order valence-electron chi connectivity index (χ4n) is 2.46. The highest BCUT2D eigenvalue weighted by atomic mass is 35.5. The molecule has 2 N–H and O–H groups in total. The smallest absolute Gasteiger partial charge is 0.211 e. The van der Waals surface area contributed by atoms with Gasteiger partial charge in [-0.1, -0.05) is 35.9 Å². The molecule has 0 spiro atoms. The number of para-hydroxylation sites is 1. The summed E-state index contributed by atoms with van der Waals surface area (Å²) in [6.45, 7) is 2.28. The van der Waals surface area contributed by atoms with Crippen molar-refractivity contribution in [3.05, 3.63) is 53.6 Å². The predicted octanol–water partition coefficient (Wildman–Crippen LogP) is 3.30. The van der Waals surface area contributed by atoms with E-state index in [-0.39, 0.29) is 12.3 Å². The second-order valence-corrected chi connectivity index (χ2v) is 8.12. The average Bonchev–Trinajstić information content (AvgIpc) is 2.65. The zero-order valence-electron chi connectivity index (χ0n) is 14.2. The molecule has 0 radical (unpaired) electrons. The van der Waals surface area contributed by atoms with Crippen LogP contribution < -0.4 is 10.0 Å². The molecule has 0 aliphatic carbocycles. The van der Waals surface area contributed by atoms with Crippen molar-refractivity contribution < 1.29 is 8.42 Å². The highest BCUT2D eigenvalue weighted by Gasteiger charge is 2.11. The van der Waals surface area contributed by atoms with E-state index >= 15 is 0 Å². The molecule has 1 aromatic heterocycles. The Morgan fingerprint density at radius 2 is 1.73 bits per heavy atom. The molecule has 2 aromatic carbocycles. The van der Waals surface area contributed by atoms with Crippen molar-refractivity contribution in [2.24, 2.45) is 0 Å². The van der Waals surface area contributed by atoms with Crippen LogP contribution in [0, 0.1) is 0 Å². The van der Waals surface area contributed by atoms with E-state index in [1.54, 1.807) is 13.0 Å². The number of hydrogen-bond donors (Lipinski definition) is 2. The summed E-state index contributed by atoms with van der Waals surface area (Å²) in [7, 11) is -3.21. The summed E-state index contributed by atoms with van der Waals surface area (Å²) in [5, 5.41) is 4.63. The Balaban J connectivity index is 1.90. The average molecular weight is 391 g/mol. The number of sulfonamides is 1. The second kappa shape index (κ2) is 7.99. The van der Waals surface area contributed by atoms with Gasteiger partial charge in [-0.15, -0.1) is 0 Å². The van der Waals surface area contributed by atoms with Crippen LogP contribution in [0.3, 0.4) is 0 Å². The maximum Gasteiger partial charge on any atom is 0.211 e. The minimum Gasteiger partial charge on any atom is -0.368 e. The molecule has 0 unspecified atom stereocenters. The lowest BCUT2D eigenvalue weighted by molar-refractivity contribution is 0.584. The molecule has 136 valence electrons. The number of benzene rings is 2. The van der Waals surface area contributed by atoms with Crippen molar-refractivity contribution in [1.29, 1.82) is 0 Å². The molecule has 3 rings (SSSR count). The molecule has 0 saturated carbocycles. The fraction of sp³-hybridized carbons (Fsp3) is 0.222. The third kappa shape index (κ3) is 4.30. The van der Waals surface area contributed by atoms with E-state index in [2.05, 4.69) is 20.0 Å². The van der Waals surface area contributed by atoms with E-state index < -0.39 is 10.0 Å². The van der Waals surface area contributed by atoms with Crippen LogP contribution in [0.2, 0.25) is 5.02 Å². The lowest BCUT2D eigenvalue weighted by atomic mass is 10.2. The monoisotopic (exact) mass is 390 g/mol. The molecule has 3 aromatic rings. The first kappa shape index (κ1) is 18.6. The Labute approximate surface area is 157 Å². The maximum absolute atomic E-state index is 11.5. The van der Waals surface area contributed by atoms with Crippen molar-refractivity contribution in [2.75, 3.05) is 24.2 Å². The molecule has 0 saturated heterocycles. The van der Waals surface area contributed by atoms with Gasteiger partial charge in [-0.05, 0) is 31.2 Å². The molecule has 0 fully saturated rings. The van der Waals surface area contributed by atoms with Gasteiger partial charge in [-0.3, -0.25) is 0 Å². The molecule has 0 bridgehead atoms. The van der Waals surface area contributed by atoms with Gasteiger partial charge in [-0.2, -0.15) is 0 Å². The normalized spacial score (nSPS) is 11.6. The lowest BCUT2D eigenvalue weighted by Crippen LogP contribution is -2.30. The minimum atomic E-state index is -3.21. The van der Waals surface area contributed by atoms with Gasteiger partial charge < -0.3 is 5.32 Å². The zero-order chi connectivity index (χ0) is 18.6. The maximum atomic E-state index is 11.5. The molecular weight excluding hydrogens is 372 g/mol. The first-order chi connectivity index (χ1) is 12.5. The highest BCUT2D eigenvalue weighted by molar-refractivity contribution is 7.89. The Morgan fingerprint density at radius 1 is 1.00 bits per heavy atom. The quantitative estimate of drug-likeness (QED) is 0.605. The van der Waals surface area contributed by atoms with Crippen LogP contribution >= 0.6 is 11.6 Å². The highest BCUT2D eigenvalue weighted by Crippen LogP contribution is 2.28. The van der Waals surface area contributed by atoms with E-state index in [4.69, 9.17) is 11.6 Å². The van der Waals surface area contributed by atoms with E-state index in [9.17, 15) is 8.42 Å². The third-order valence-electron chi connectivity index (χ3n) is 3.84. The number of nitrogens with one attached hydrogen (secondary N) is 2. The molecule has 0 amide bonds. The van der Waals surface area contributed by atoms with Crippen molar-refractivity contribution >= 4 is 38.3 Å². The summed E-state index contributed by atoms with van der Waals surface area (Å²) in [6.07, 6.45) is 0. The van der Waals surface area contributed by atoms with Gasteiger partial charge in [0, 0.05) is 24.0 Å².